The first-order chi connectivity index (χ1) is 6.13. The highest BCUT2D eigenvalue weighted by Gasteiger charge is 2.32. The predicted molar refractivity (Wildman–Crippen MR) is 53.2 cm³/mol. The van der Waals surface area contributed by atoms with Crippen molar-refractivity contribution in [2.24, 2.45) is 17.6 Å². The summed E-state index contributed by atoms with van der Waals surface area (Å²) in [4.78, 5) is 11.3. The van der Waals surface area contributed by atoms with Gasteiger partial charge in [-0.3, -0.25) is 4.79 Å². The van der Waals surface area contributed by atoms with Gasteiger partial charge in [-0.2, -0.15) is 0 Å². The van der Waals surface area contributed by atoms with Gasteiger partial charge in [0.15, 0.2) is 0 Å². The summed E-state index contributed by atoms with van der Waals surface area (Å²) < 4.78 is 0. The second-order valence-corrected chi connectivity index (χ2v) is 4.15. The molecule has 3 nitrogen and oxygen atoms in total. The number of hydrogen-bond donors (Lipinski definition) is 2. The molecular weight excluding hydrogens is 164 g/mol. The molecule has 0 aromatic carbocycles. The average Bonchev–Trinajstić information content (AvgIpc) is 2.78. The second kappa shape index (κ2) is 4.61. The van der Waals surface area contributed by atoms with Gasteiger partial charge in [-0.05, 0) is 24.7 Å². The van der Waals surface area contributed by atoms with Crippen molar-refractivity contribution in [3.63, 3.8) is 0 Å². The van der Waals surface area contributed by atoms with E-state index in [1.165, 1.54) is 6.42 Å². The molecule has 3 N–H and O–H groups in total. The summed E-state index contributed by atoms with van der Waals surface area (Å²) in [6.45, 7) is 5.06. The lowest BCUT2D eigenvalue weighted by molar-refractivity contribution is -0.121. The third-order valence-electron chi connectivity index (χ3n) is 2.81. The molecule has 3 atom stereocenters. The summed E-state index contributed by atoms with van der Waals surface area (Å²) in [7, 11) is 0. The average molecular weight is 184 g/mol. The van der Waals surface area contributed by atoms with Crippen molar-refractivity contribution in [1.29, 1.82) is 0 Å². The van der Waals surface area contributed by atoms with E-state index < -0.39 is 0 Å². The number of amides is 1. The number of carbonyl (C=O) groups is 1. The Hall–Kier alpha value is -0.570. The number of carbonyl (C=O) groups excluding carboxylic acids is 1. The standard InChI is InChI=1S/C10H20N2O/c1-3-9(11)5-10(13)12-6-8-4-7(8)2/h7-9H,3-6,11H2,1-2H3,(H,12,13). The first kappa shape index (κ1) is 10.5. The predicted octanol–water partition coefficient (Wildman–Crippen LogP) is 0.886. The second-order valence-electron chi connectivity index (χ2n) is 4.15. The Morgan fingerprint density at radius 3 is 2.77 bits per heavy atom. The number of nitrogens with two attached hydrogens (primary N) is 1. The Bertz CT molecular complexity index is 182. The van der Waals surface area contributed by atoms with Crippen LogP contribution in [0.5, 0.6) is 0 Å². The van der Waals surface area contributed by atoms with Gasteiger partial charge in [0.2, 0.25) is 5.91 Å². The van der Waals surface area contributed by atoms with Crippen LogP contribution in [-0.2, 0) is 4.79 Å². The molecule has 0 radical (unpaired) electrons. The maximum atomic E-state index is 11.3. The summed E-state index contributed by atoms with van der Waals surface area (Å²) in [5.74, 6) is 1.63. The van der Waals surface area contributed by atoms with Gasteiger partial charge in [-0.25, -0.2) is 0 Å². The SMILES string of the molecule is CCC(N)CC(=O)NCC1CC1C. The molecule has 3 unspecified atom stereocenters. The lowest BCUT2D eigenvalue weighted by Gasteiger charge is -2.08. The highest BCUT2D eigenvalue weighted by molar-refractivity contribution is 5.76. The molecule has 0 saturated heterocycles. The van der Waals surface area contributed by atoms with Crippen LogP contribution in [0.4, 0.5) is 0 Å². The van der Waals surface area contributed by atoms with Gasteiger partial charge in [0.25, 0.3) is 0 Å². The molecule has 1 aliphatic rings. The maximum absolute atomic E-state index is 11.3. The molecule has 3 heteroatoms. The summed E-state index contributed by atoms with van der Waals surface area (Å²) in [5, 5.41) is 2.92. The van der Waals surface area contributed by atoms with E-state index in [2.05, 4.69) is 12.2 Å². The van der Waals surface area contributed by atoms with Crippen LogP contribution in [0.15, 0.2) is 0 Å². The van der Waals surface area contributed by atoms with Gasteiger partial charge in [-0.1, -0.05) is 13.8 Å². The Morgan fingerprint density at radius 1 is 1.69 bits per heavy atom. The van der Waals surface area contributed by atoms with Crippen molar-refractivity contribution in [2.45, 2.75) is 39.2 Å². The van der Waals surface area contributed by atoms with Gasteiger partial charge in [0.05, 0.1) is 0 Å². The minimum atomic E-state index is 0.0247. The third kappa shape index (κ3) is 3.77. The molecule has 13 heavy (non-hydrogen) atoms. The Labute approximate surface area is 80.1 Å². The van der Waals surface area contributed by atoms with Crippen molar-refractivity contribution in [3.8, 4) is 0 Å². The van der Waals surface area contributed by atoms with E-state index in [0.717, 1.165) is 24.8 Å². The first-order valence-electron chi connectivity index (χ1n) is 5.15. The van der Waals surface area contributed by atoms with Gasteiger partial charge < -0.3 is 11.1 Å². The Kier molecular flexibility index (Phi) is 3.72. The summed E-state index contributed by atoms with van der Waals surface area (Å²) in [6.07, 6.45) is 2.60. The highest BCUT2D eigenvalue weighted by Crippen LogP contribution is 2.36. The first-order valence-corrected chi connectivity index (χ1v) is 5.15. The van der Waals surface area contributed by atoms with Crippen LogP contribution in [-0.4, -0.2) is 18.5 Å². The van der Waals surface area contributed by atoms with E-state index >= 15 is 0 Å². The fourth-order valence-electron chi connectivity index (χ4n) is 1.38. The van der Waals surface area contributed by atoms with Crippen LogP contribution in [0.2, 0.25) is 0 Å². The molecule has 1 rings (SSSR count). The Balaban J connectivity index is 2.04. The van der Waals surface area contributed by atoms with E-state index in [4.69, 9.17) is 5.73 Å². The van der Waals surface area contributed by atoms with Gasteiger partial charge in [0, 0.05) is 19.0 Å². The zero-order chi connectivity index (χ0) is 9.84. The van der Waals surface area contributed by atoms with Crippen molar-refractivity contribution in [3.05, 3.63) is 0 Å². The van der Waals surface area contributed by atoms with Gasteiger partial charge in [-0.15, -0.1) is 0 Å². The molecular formula is C10H20N2O. The lowest BCUT2D eigenvalue weighted by Crippen LogP contribution is -2.32. The molecule has 1 aliphatic carbocycles. The lowest BCUT2D eigenvalue weighted by atomic mass is 10.1. The van der Waals surface area contributed by atoms with Gasteiger partial charge in [0.1, 0.15) is 0 Å². The molecule has 0 bridgehead atoms. The fourth-order valence-corrected chi connectivity index (χ4v) is 1.38. The van der Waals surface area contributed by atoms with Crippen LogP contribution >= 0.6 is 0 Å². The zero-order valence-corrected chi connectivity index (χ0v) is 8.55. The molecule has 0 aromatic rings. The highest BCUT2D eigenvalue weighted by atomic mass is 16.1. The third-order valence-corrected chi connectivity index (χ3v) is 2.81. The molecule has 1 amide bonds. The fraction of sp³-hybridized carbons (Fsp3) is 0.900. The molecule has 76 valence electrons. The molecule has 0 aliphatic heterocycles. The number of hydrogen-bond acceptors (Lipinski definition) is 2. The zero-order valence-electron chi connectivity index (χ0n) is 8.55. The molecule has 0 heterocycles. The van der Waals surface area contributed by atoms with Crippen molar-refractivity contribution < 1.29 is 4.79 Å². The van der Waals surface area contributed by atoms with Crippen LogP contribution in [0, 0.1) is 11.8 Å². The summed E-state index contributed by atoms with van der Waals surface area (Å²) in [5.41, 5.74) is 5.66. The van der Waals surface area contributed by atoms with Crippen molar-refractivity contribution in [2.75, 3.05) is 6.54 Å². The van der Waals surface area contributed by atoms with Crippen LogP contribution in [0.1, 0.15) is 33.1 Å². The topological polar surface area (TPSA) is 55.1 Å². The van der Waals surface area contributed by atoms with Crippen molar-refractivity contribution >= 4 is 5.91 Å². The Morgan fingerprint density at radius 2 is 2.31 bits per heavy atom. The minimum Gasteiger partial charge on any atom is -0.356 e. The van der Waals surface area contributed by atoms with Crippen LogP contribution < -0.4 is 11.1 Å². The quantitative estimate of drug-likeness (QED) is 0.666. The molecule has 1 fully saturated rings. The monoisotopic (exact) mass is 184 g/mol. The van der Waals surface area contributed by atoms with Crippen LogP contribution in [0.25, 0.3) is 0 Å². The number of rotatable bonds is 5. The van der Waals surface area contributed by atoms with E-state index in [9.17, 15) is 4.79 Å². The normalized spacial score (nSPS) is 28.2. The van der Waals surface area contributed by atoms with E-state index in [0.29, 0.717) is 6.42 Å². The van der Waals surface area contributed by atoms with E-state index in [1.807, 2.05) is 6.92 Å². The molecule has 0 spiro atoms. The largest absolute Gasteiger partial charge is 0.356 e. The van der Waals surface area contributed by atoms with Gasteiger partial charge >= 0.3 is 0 Å². The summed E-state index contributed by atoms with van der Waals surface area (Å²) >= 11 is 0. The summed E-state index contributed by atoms with van der Waals surface area (Å²) in [6, 6.07) is 0.0247. The maximum Gasteiger partial charge on any atom is 0.221 e. The van der Waals surface area contributed by atoms with Crippen molar-refractivity contribution in [1.82, 2.24) is 5.32 Å². The van der Waals surface area contributed by atoms with E-state index in [1.54, 1.807) is 0 Å². The van der Waals surface area contributed by atoms with E-state index in [-0.39, 0.29) is 11.9 Å². The smallest absolute Gasteiger partial charge is 0.221 e. The minimum absolute atomic E-state index is 0.0247. The molecule has 0 aromatic heterocycles. The van der Waals surface area contributed by atoms with Crippen LogP contribution in [0.3, 0.4) is 0 Å². The number of nitrogens with one attached hydrogen (secondary N) is 1. The molecule has 1 saturated carbocycles.